The molecular weight excluding hydrogens is 463 g/mol. The second-order valence-electron chi connectivity index (χ2n) is 6.34. The second-order valence-corrected chi connectivity index (χ2v) is 10.3. The molecule has 3 rings (SSSR count). The molecule has 0 aliphatic heterocycles. The molecule has 1 unspecified atom stereocenters. The number of benzene rings is 3. The molecule has 156 valence electrons. The Bertz CT molecular complexity index is 1120. The molecule has 30 heavy (non-hydrogen) atoms. The van der Waals surface area contributed by atoms with Crippen LogP contribution in [0.2, 0.25) is 10.0 Å². The van der Waals surface area contributed by atoms with Crippen molar-refractivity contribution >= 4 is 62.3 Å². The molecule has 5 nitrogen and oxygen atoms in total. The van der Waals surface area contributed by atoms with E-state index in [0.29, 0.717) is 21.4 Å². The number of rotatable bonds is 7. The zero-order valence-corrected chi connectivity index (χ0v) is 18.9. The molecule has 3 aromatic rings. The summed E-state index contributed by atoms with van der Waals surface area (Å²) in [6.07, 6.45) is 0. The van der Waals surface area contributed by atoms with E-state index in [1.54, 1.807) is 55.5 Å². The highest BCUT2D eigenvalue weighted by Gasteiger charge is 2.17. The van der Waals surface area contributed by atoms with Crippen molar-refractivity contribution in [2.75, 3.05) is 10.0 Å². The highest BCUT2D eigenvalue weighted by atomic mass is 35.5. The fourth-order valence-electron chi connectivity index (χ4n) is 2.46. The Labute approximate surface area is 189 Å². The molecule has 0 saturated carbocycles. The highest BCUT2D eigenvalue weighted by molar-refractivity contribution is 8.00. The number of amides is 1. The van der Waals surface area contributed by atoms with Crippen molar-refractivity contribution in [1.82, 2.24) is 0 Å². The van der Waals surface area contributed by atoms with Gasteiger partial charge in [-0.05, 0) is 79.7 Å². The second kappa shape index (κ2) is 9.75. The van der Waals surface area contributed by atoms with Gasteiger partial charge in [-0.3, -0.25) is 9.52 Å². The average Bonchev–Trinajstić information content (AvgIpc) is 2.71. The first-order chi connectivity index (χ1) is 14.2. The first-order valence-corrected chi connectivity index (χ1v) is 12.0. The maximum atomic E-state index is 12.5. The Morgan fingerprint density at radius 1 is 0.833 bits per heavy atom. The van der Waals surface area contributed by atoms with Gasteiger partial charge in [0.2, 0.25) is 5.91 Å². The van der Waals surface area contributed by atoms with Crippen LogP contribution in [0, 0.1) is 0 Å². The van der Waals surface area contributed by atoms with E-state index in [1.807, 2.05) is 12.1 Å². The Morgan fingerprint density at radius 2 is 1.33 bits per heavy atom. The summed E-state index contributed by atoms with van der Waals surface area (Å²) in [6.45, 7) is 1.80. The quantitative estimate of drug-likeness (QED) is 0.411. The third-order valence-electron chi connectivity index (χ3n) is 4.02. The summed E-state index contributed by atoms with van der Waals surface area (Å²) >= 11 is 13.1. The summed E-state index contributed by atoms with van der Waals surface area (Å²) in [5.41, 5.74) is 0.916. The van der Waals surface area contributed by atoms with E-state index >= 15 is 0 Å². The van der Waals surface area contributed by atoms with Crippen LogP contribution in [0.1, 0.15) is 6.92 Å². The van der Waals surface area contributed by atoms with Gasteiger partial charge >= 0.3 is 0 Å². The molecule has 0 heterocycles. The number of thioether (sulfide) groups is 1. The predicted molar refractivity (Wildman–Crippen MR) is 124 cm³/mol. The van der Waals surface area contributed by atoms with Crippen LogP contribution < -0.4 is 10.0 Å². The number of hydrogen-bond donors (Lipinski definition) is 2. The molecule has 0 spiro atoms. The van der Waals surface area contributed by atoms with Crippen molar-refractivity contribution in [1.29, 1.82) is 0 Å². The standard InChI is InChI=1S/C21H18Cl2N2O3S2/c1-14(29-19-10-4-16(23)5-11-19)21(26)24-17-8-12-20(13-9-17)30(27,28)25-18-6-2-15(22)3-7-18/h2-14,25H,1H3,(H,24,26). The molecule has 2 N–H and O–H groups in total. The summed E-state index contributed by atoms with van der Waals surface area (Å²) in [7, 11) is -3.75. The van der Waals surface area contributed by atoms with Gasteiger partial charge in [-0.15, -0.1) is 11.8 Å². The lowest BCUT2D eigenvalue weighted by atomic mass is 10.3. The van der Waals surface area contributed by atoms with Gasteiger partial charge in [0.05, 0.1) is 10.1 Å². The first-order valence-electron chi connectivity index (χ1n) is 8.84. The zero-order chi connectivity index (χ0) is 21.7. The van der Waals surface area contributed by atoms with Gasteiger partial charge in [0.1, 0.15) is 0 Å². The monoisotopic (exact) mass is 480 g/mol. The topological polar surface area (TPSA) is 75.3 Å². The number of carbonyl (C=O) groups excluding carboxylic acids is 1. The Morgan fingerprint density at radius 3 is 1.90 bits per heavy atom. The summed E-state index contributed by atoms with van der Waals surface area (Å²) in [5, 5.41) is 3.60. The van der Waals surface area contributed by atoms with Crippen molar-refractivity contribution in [3.8, 4) is 0 Å². The SMILES string of the molecule is CC(Sc1ccc(Cl)cc1)C(=O)Nc1ccc(S(=O)(=O)Nc2ccc(Cl)cc2)cc1. The van der Waals surface area contributed by atoms with Gasteiger partial charge in [0.15, 0.2) is 0 Å². The maximum absolute atomic E-state index is 12.5. The number of hydrogen-bond acceptors (Lipinski definition) is 4. The van der Waals surface area contributed by atoms with Gasteiger partial charge < -0.3 is 5.32 Å². The van der Waals surface area contributed by atoms with E-state index in [-0.39, 0.29) is 16.1 Å². The van der Waals surface area contributed by atoms with Crippen molar-refractivity contribution in [2.45, 2.75) is 22.0 Å². The molecule has 0 saturated heterocycles. The van der Waals surface area contributed by atoms with E-state index in [1.165, 1.54) is 23.9 Å². The van der Waals surface area contributed by atoms with E-state index < -0.39 is 10.0 Å². The summed E-state index contributed by atoms with van der Waals surface area (Å²) in [4.78, 5) is 13.4. The number of anilines is 2. The number of nitrogens with one attached hydrogen (secondary N) is 2. The van der Waals surface area contributed by atoms with Crippen LogP contribution >= 0.6 is 35.0 Å². The van der Waals surface area contributed by atoms with Gasteiger partial charge in [-0.25, -0.2) is 8.42 Å². The summed E-state index contributed by atoms with van der Waals surface area (Å²) < 4.78 is 27.5. The van der Waals surface area contributed by atoms with Crippen molar-refractivity contribution in [3.63, 3.8) is 0 Å². The molecule has 0 radical (unpaired) electrons. The van der Waals surface area contributed by atoms with Crippen LogP contribution in [0.5, 0.6) is 0 Å². The number of carbonyl (C=O) groups is 1. The normalized spacial score (nSPS) is 12.2. The Balaban J connectivity index is 1.62. The highest BCUT2D eigenvalue weighted by Crippen LogP contribution is 2.26. The third-order valence-corrected chi connectivity index (χ3v) is 7.04. The number of sulfonamides is 1. The molecule has 3 aromatic carbocycles. The van der Waals surface area contributed by atoms with Crippen LogP contribution in [0.25, 0.3) is 0 Å². The van der Waals surface area contributed by atoms with E-state index in [9.17, 15) is 13.2 Å². The number of halogens is 2. The van der Waals surface area contributed by atoms with E-state index in [4.69, 9.17) is 23.2 Å². The Kier molecular flexibility index (Phi) is 7.31. The lowest BCUT2D eigenvalue weighted by molar-refractivity contribution is -0.115. The molecule has 1 atom stereocenters. The minimum Gasteiger partial charge on any atom is -0.325 e. The van der Waals surface area contributed by atoms with Crippen LogP contribution in [0.3, 0.4) is 0 Å². The third kappa shape index (κ3) is 6.15. The minimum atomic E-state index is -3.75. The van der Waals surface area contributed by atoms with Crippen molar-refractivity contribution < 1.29 is 13.2 Å². The van der Waals surface area contributed by atoms with Gasteiger partial charge in [-0.2, -0.15) is 0 Å². The summed E-state index contributed by atoms with van der Waals surface area (Å²) in [6, 6.07) is 19.6. The molecule has 0 fully saturated rings. The largest absolute Gasteiger partial charge is 0.325 e. The van der Waals surface area contributed by atoms with Gasteiger partial charge in [-0.1, -0.05) is 23.2 Å². The molecule has 0 aliphatic carbocycles. The zero-order valence-electron chi connectivity index (χ0n) is 15.8. The molecule has 0 bridgehead atoms. The van der Waals surface area contributed by atoms with Crippen molar-refractivity contribution in [3.05, 3.63) is 82.8 Å². The van der Waals surface area contributed by atoms with Crippen LogP contribution in [0.15, 0.2) is 82.6 Å². The maximum Gasteiger partial charge on any atom is 0.261 e. The summed E-state index contributed by atoms with van der Waals surface area (Å²) in [5.74, 6) is -0.190. The molecule has 0 aliphatic rings. The molecule has 9 heteroatoms. The van der Waals surface area contributed by atoms with Crippen LogP contribution in [0.4, 0.5) is 11.4 Å². The van der Waals surface area contributed by atoms with E-state index in [0.717, 1.165) is 4.90 Å². The van der Waals surface area contributed by atoms with E-state index in [2.05, 4.69) is 10.0 Å². The lowest BCUT2D eigenvalue weighted by Crippen LogP contribution is -2.22. The fourth-order valence-corrected chi connectivity index (χ4v) is 4.64. The average molecular weight is 481 g/mol. The molecular formula is C21H18Cl2N2O3S2. The molecule has 0 aromatic heterocycles. The predicted octanol–water partition coefficient (Wildman–Crippen LogP) is 5.91. The van der Waals surface area contributed by atoms with Gasteiger partial charge in [0.25, 0.3) is 10.0 Å². The van der Waals surface area contributed by atoms with Crippen molar-refractivity contribution in [2.24, 2.45) is 0 Å². The fraction of sp³-hybridized carbons (Fsp3) is 0.0952. The van der Waals surface area contributed by atoms with Gasteiger partial charge in [0, 0.05) is 26.3 Å². The Hall–Kier alpha value is -2.19. The lowest BCUT2D eigenvalue weighted by Gasteiger charge is -2.13. The minimum absolute atomic E-state index is 0.0824. The van der Waals surface area contributed by atoms with Crippen LogP contribution in [-0.4, -0.2) is 19.6 Å². The first kappa shape index (κ1) is 22.5. The smallest absolute Gasteiger partial charge is 0.261 e. The molecule has 1 amide bonds. The van der Waals surface area contributed by atoms with Crippen LogP contribution in [-0.2, 0) is 14.8 Å².